The van der Waals surface area contributed by atoms with Crippen LogP contribution in [0.1, 0.15) is 0 Å². The average Bonchev–Trinajstić information content (AvgIpc) is 2.84. The van der Waals surface area contributed by atoms with E-state index in [0.29, 0.717) is 27.8 Å². The molecule has 20 heavy (non-hydrogen) atoms. The Morgan fingerprint density at radius 3 is 2.95 bits per heavy atom. The first-order valence-corrected chi connectivity index (χ1v) is 6.75. The summed E-state index contributed by atoms with van der Waals surface area (Å²) in [5.41, 5.74) is 1.99. The molecule has 0 unspecified atom stereocenters. The summed E-state index contributed by atoms with van der Waals surface area (Å²) in [6, 6.07) is 7.04. The molecule has 102 valence electrons. The van der Waals surface area contributed by atoms with Crippen molar-refractivity contribution in [2.24, 2.45) is 0 Å². The lowest BCUT2D eigenvalue weighted by atomic mass is 10.2. The number of hydrogen-bond donors (Lipinski definition) is 0. The Hall–Kier alpha value is -1.79. The smallest absolute Gasteiger partial charge is 0.222 e. The molecule has 3 aromatic heterocycles. The molecule has 0 saturated heterocycles. The lowest BCUT2D eigenvalue weighted by molar-refractivity contribution is 0.399. The van der Waals surface area contributed by atoms with Gasteiger partial charge >= 0.3 is 0 Å². The van der Waals surface area contributed by atoms with E-state index in [1.807, 2.05) is 12.1 Å². The Kier molecular flexibility index (Phi) is 3.50. The van der Waals surface area contributed by atoms with Crippen molar-refractivity contribution in [3.63, 3.8) is 0 Å². The Bertz CT molecular complexity index is 777. The lowest BCUT2D eigenvalue weighted by Crippen LogP contribution is -1.94. The van der Waals surface area contributed by atoms with Crippen molar-refractivity contribution in [3.05, 3.63) is 41.8 Å². The maximum Gasteiger partial charge on any atom is 0.222 e. The van der Waals surface area contributed by atoms with Gasteiger partial charge in [0.05, 0.1) is 23.9 Å². The van der Waals surface area contributed by atoms with E-state index in [1.54, 1.807) is 24.5 Å². The summed E-state index contributed by atoms with van der Waals surface area (Å²) in [5, 5.41) is 1.11. The molecule has 0 aliphatic carbocycles. The van der Waals surface area contributed by atoms with Gasteiger partial charge in [-0.05, 0) is 18.2 Å². The molecule has 0 radical (unpaired) electrons. The Morgan fingerprint density at radius 1 is 1.35 bits per heavy atom. The first kappa shape index (κ1) is 13.2. The van der Waals surface area contributed by atoms with Gasteiger partial charge in [-0.3, -0.25) is 3.97 Å². The zero-order valence-electron chi connectivity index (χ0n) is 10.4. The second-order valence-corrected chi connectivity index (χ2v) is 4.91. The van der Waals surface area contributed by atoms with Crippen molar-refractivity contribution in [3.8, 4) is 17.1 Å². The summed E-state index contributed by atoms with van der Waals surface area (Å²) in [7, 11) is 1.53. The molecular weight excluding hydrogens is 301 g/mol. The van der Waals surface area contributed by atoms with E-state index in [9.17, 15) is 3.89 Å². The Morgan fingerprint density at radius 2 is 2.20 bits per heavy atom. The van der Waals surface area contributed by atoms with E-state index in [1.165, 1.54) is 11.1 Å². The molecule has 0 N–H and O–H groups in total. The van der Waals surface area contributed by atoms with Crippen molar-refractivity contribution in [2.75, 3.05) is 7.11 Å². The normalized spacial score (nSPS) is 10.9. The third-order valence-electron chi connectivity index (χ3n) is 2.92. The third kappa shape index (κ3) is 2.10. The number of halogens is 2. The van der Waals surface area contributed by atoms with Crippen molar-refractivity contribution in [2.45, 2.75) is 0 Å². The molecule has 0 amide bonds. The fraction of sp³-hybridized carbons (Fsp3) is 0.0769. The van der Waals surface area contributed by atoms with Gasteiger partial charge in [0, 0.05) is 23.8 Å². The summed E-state index contributed by atoms with van der Waals surface area (Å²) >= 11 is 5.97. The molecule has 0 aliphatic rings. The second kappa shape index (κ2) is 5.30. The highest BCUT2D eigenvalue weighted by atomic mass is 35.5. The van der Waals surface area contributed by atoms with Crippen LogP contribution in [0.25, 0.3) is 22.2 Å². The van der Waals surface area contributed by atoms with E-state index in [2.05, 4.69) is 9.97 Å². The van der Waals surface area contributed by atoms with Crippen LogP contribution in [0, 0.1) is 0 Å². The van der Waals surface area contributed by atoms with E-state index >= 15 is 0 Å². The average molecular weight is 310 g/mol. The van der Waals surface area contributed by atoms with Crippen molar-refractivity contribution in [1.82, 2.24) is 13.9 Å². The van der Waals surface area contributed by atoms with Crippen LogP contribution in [0.2, 0.25) is 5.15 Å². The molecule has 0 aliphatic heterocycles. The number of pyridine rings is 2. The molecule has 0 atom stereocenters. The van der Waals surface area contributed by atoms with Crippen LogP contribution in [0.3, 0.4) is 0 Å². The van der Waals surface area contributed by atoms with E-state index < -0.39 is 0 Å². The van der Waals surface area contributed by atoms with Gasteiger partial charge in [-0.2, -0.15) is 0 Å². The summed E-state index contributed by atoms with van der Waals surface area (Å²) < 4.78 is 20.0. The van der Waals surface area contributed by atoms with E-state index in [0.717, 1.165) is 5.39 Å². The predicted octanol–water partition coefficient (Wildman–Crippen LogP) is 4.14. The van der Waals surface area contributed by atoms with Crippen LogP contribution in [0.15, 0.2) is 36.7 Å². The largest absolute Gasteiger partial charge is 0.481 e. The van der Waals surface area contributed by atoms with Crippen molar-refractivity contribution in [1.29, 1.82) is 0 Å². The van der Waals surface area contributed by atoms with Gasteiger partial charge in [0.15, 0.2) is 12.3 Å². The number of ether oxygens (including phenoxy) is 1. The minimum atomic E-state index is 0.101. The minimum absolute atomic E-state index is 0.101. The molecule has 7 heteroatoms. The summed E-state index contributed by atoms with van der Waals surface area (Å²) in [4.78, 5) is 8.13. The zero-order chi connectivity index (χ0) is 14.1. The SMILES string of the molecule is COc1ncccc1-c1cc2cnc(Cl)cc2n1SF. The first-order valence-electron chi connectivity index (χ1n) is 5.70. The second-order valence-electron chi connectivity index (χ2n) is 4.02. The number of fused-ring (bicyclic) bond motifs is 1. The Balaban J connectivity index is 2.30. The summed E-state index contributed by atoms with van der Waals surface area (Å²) in [6.45, 7) is 0. The molecule has 3 heterocycles. The highest BCUT2D eigenvalue weighted by molar-refractivity contribution is 7.93. The van der Waals surface area contributed by atoms with E-state index in [-0.39, 0.29) is 12.3 Å². The van der Waals surface area contributed by atoms with Gasteiger partial charge in [0.1, 0.15) is 5.15 Å². The number of nitrogens with zero attached hydrogens (tertiary/aromatic N) is 3. The number of rotatable bonds is 3. The molecule has 0 spiro atoms. The molecular formula is C13H9ClFN3OS. The van der Waals surface area contributed by atoms with E-state index in [4.69, 9.17) is 16.3 Å². The summed E-state index contributed by atoms with van der Waals surface area (Å²) in [6.07, 6.45) is 3.23. The fourth-order valence-corrected chi connectivity index (χ4v) is 2.67. The fourth-order valence-electron chi connectivity index (χ4n) is 2.06. The topological polar surface area (TPSA) is 39.9 Å². The zero-order valence-corrected chi connectivity index (χ0v) is 12.0. The van der Waals surface area contributed by atoms with Crippen molar-refractivity contribution < 1.29 is 8.62 Å². The van der Waals surface area contributed by atoms with Crippen LogP contribution >= 0.6 is 23.9 Å². The van der Waals surface area contributed by atoms with Crippen LogP contribution in [0.4, 0.5) is 3.89 Å². The van der Waals surface area contributed by atoms with Gasteiger partial charge in [-0.25, -0.2) is 9.97 Å². The monoisotopic (exact) mass is 309 g/mol. The van der Waals surface area contributed by atoms with Crippen LogP contribution in [0.5, 0.6) is 5.88 Å². The Labute approximate surface area is 124 Å². The van der Waals surface area contributed by atoms with Crippen molar-refractivity contribution >= 4 is 34.8 Å². The first-order chi connectivity index (χ1) is 9.74. The predicted molar refractivity (Wildman–Crippen MR) is 78.6 cm³/mol. The molecule has 0 saturated carbocycles. The maximum atomic E-state index is 13.4. The molecule has 3 rings (SSSR count). The van der Waals surface area contributed by atoms with Crippen LogP contribution in [-0.2, 0) is 0 Å². The number of aromatic nitrogens is 3. The molecule has 3 aromatic rings. The maximum absolute atomic E-state index is 13.4. The third-order valence-corrected chi connectivity index (χ3v) is 3.66. The minimum Gasteiger partial charge on any atom is -0.481 e. The van der Waals surface area contributed by atoms with Gasteiger partial charge in [-0.15, -0.1) is 3.89 Å². The number of methoxy groups -OCH3 is 1. The lowest BCUT2D eigenvalue weighted by Gasteiger charge is -2.08. The molecule has 0 bridgehead atoms. The highest BCUT2D eigenvalue weighted by Gasteiger charge is 2.16. The quantitative estimate of drug-likeness (QED) is 0.682. The molecule has 0 fully saturated rings. The highest BCUT2D eigenvalue weighted by Crippen LogP contribution is 2.36. The van der Waals surface area contributed by atoms with Gasteiger partial charge in [-0.1, -0.05) is 11.6 Å². The van der Waals surface area contributed by atoms with Gasteiger partial charge in [0.25, 0.3) is 0 Å². The number of hydrogen-bond acceptors (Lipinski definition) is 4. The molecule has 0 aromatic carbocycles. The summed E-state index contributed by atoms with van der Waals surface area (Å²) in [5.74, 6) is 0.435. The standard InChI is InChI=1S/C13H9ClFN3OS/c1-19-13-9(3-2-4-16-13)11-5-8-7-17-12(14)6-10(8)18(11)20-15/h2-7H,1H3. The molecule has 4 nitrogen and oxygen atoms in total. The van der Waals surface area contributed by atoms with Gasteiger partial charge < -0.3 is 4.74 Å². The van der Waals surface area contributed by atoms with Crippen LogP contribution in [-0.4, -0.2) is 21.1 Å². The van der Waals surface area contributed by atoms with Crippen LogP contribution < -0.4 is 4.74 Å². The van der Waals surface area contributed by atoms with Gasteiger partial charge in [0.2, 0.25) is 5.88 Å².